The van der Waals surface area contributed by atoms with E-state index in [1.54, 1.807) is 0 Å². The van der Waals surface area contributed by atoms with Gasteiger partial charge in [0.15, 0.2) is 5.58 Å². The van der Waals surface area contributed by atoms with Crippen molar-refractivity contribution in [3.05, 3.63) is 182 Å². The van der Waals surface area contributed by atoms with Crippen molar-refractivity contribution < 1.29 is 4.42 Å². The van der Waals surface area contributed by atoms with Gasteiger partial charge in [0.05, 0.1) is 11.0 Å². The molecule has 0 fully saturated rings. The molecule has 256 valence electrons. The number of rotatable bonds is 4. The highest BCUT2D eigenvalue weighted by Crippen LogP contribution is 2.46. The molecule has 0 radical (unpaired) electrons. The first-order chi connectivity index (χ1) is 27.3. The summed E-state index contributed by atoms with van der Waals surface area (Å²) in [6.45, 7) is 0. The minimum atomic E-state index is 0.617. The molecule has 3 aromatic heterocycles. The van der Waals surface area contributed by atoms with Gasteiger partial charge in [-0.1, -0.05) is 127 Å². The van der Waals surface area contributed by atoms with E-state index in [4.69, 9.17) is 9.40 Å². The fourth-order valence-electron chi connectivity index (χ4n) is 8.69. The minimum Gasteiger partial charge on any atom is -0.436 e. The predicted octanol–water partition coefficient (Wildman–Crippen LogP) is 14.6. The van der Waals surface area contributed by atoms with Gasteiger partial charge in [-0.3, -0.25) is 0 Å². The van der Waals surface area contributed by atoms with Crippen LogP contribution in [-0.2, 0) is 0 Å². The molecule has 0 amide bonds. The number of oxazole rings is 1. The molecule has 0 aliphatic rings. The van der Waals surface area contributed by atoms with E-state index < -0.39 is 0 Å². The molecule has 3 heterocycles. The Balaban J connectivity index is 1.05. The van der Waals surface area contributed by atoms with Crippen LogP contribution in [0.4, 0.5) is 0 Å². The Bertz CT molecular complexity index is 3480. The van der Waals surface area contributed by atoms with Crippen LogP contribution in [0.3, 0.4) is 0 Å². The molecule has 4 heteroatoms. The summed E-state index contributed by atoms with van der Waals surface area (Å²) in [6, 6.07) is 65.4. The lowest BCUT2D eigenvalue weighted by molar-refractivity contribution is 0.620. The summed E-state index contributed by atoms with van der Waals surface area (Å²) in [5.74, 6) is 0.617. The predicted molar refractivity (Wildman–Crippen MR) is 233 cm³/mol. The molecule has 0 bridgehead atoms. The summed E-state index contributed by atoms with van der Waals surface area (Å²) in [5, 5.41) is 9.77. The van der Waals surface area contributed by atoms with E-state index in [2.05, 4.69) is 187 Å². The first kappa shape index (κ1) is 30.5. The topological polar surface area (TPSA) is 31.0 Å². The van der Waals surface area contributed by atoms with Crippen LogP contribution in [0.5, 0.6) is 0 Å². The lowest BCUT2D eigenvalue weighted by atomic mass is 9.92. The minimum absolute atomic E-state index is 0.617. The van der Waals surface area contributed by atoms with E-state index in [-0.39, 0.29) is 0 Å². The molecule has 0 aliphatic carbocycles. The Kier molecular flexibility index (Phi) is 6.50. The number of hydrogen-bond donors (Lipinski definition) is 0. The first-order valence-electron chi connectivity index (χ1n) is 18.6. The number of para-hydroxylation sites is 1. The molecule has 0 saturated carbocycles. The van der Waals surface area contributed by atoms with Gasteiger partial charge in [-0.15, -0.1) is 11.3 Å². The molecule has 0 saturated heterocycles. The van der Waals surface area contributed by atoms with Gasteiger partial charge in [0, 0.05) is 53.1 Å². The molecule has 3 nitrogen and oxygen atoms in total. The maximum absolute atomic E-state index is 6.76. The zero-order chi connectivity index (χ0) is 36.0. The lowest BCUT2D eigenvalue weighted by Crippen LogP contribution is -1.94. The Hall–Kier alpha value is -7.01. The highest BCUT2D eigenvalue weighted by molar-refractivity contribution is 7.26. The molecule has 0 N–H and O–H groups in total. The SMILES string of the molecule is c1ccc(-c2cc(-c3cc4oc(-c5ccc(-n6c7ccccc7c7ccc8ccccc8c76)cc5)nc4c4c3sc3ccccc34)cc3ccccc23)cc1. The fraction of sp³-hybridized carbons (Fsp3) is 0. The van der Waals surface area contributed by atoms with Crippen LogP contribution in [0.15, 0.2) is 186 Å². The van der Waals surface area contributed by atoms with E-state index in [1.807, 2.05) is 11.3 Å². The van der Waals surface area contributed by atoms with Gasteiger partial charge in [-0.2, -0.15) is 0 Å². The maximum Gasteiger partial charge on any atom is 0.227 e. The van der Waals surface area contributed by atoms with Crippen LogP contribution >= 0.6 is 11.3 Å². The second kappa shape index (κ2) is 11.7. The molecular formula is C51H30N2OS. The summed E-state index contributed by atoms with van der Waals surface area (Å²) in [4.78, 5) is 5.25. The van der Waals surface area contributed by atoms with Crippen molar-refractivity contribution in [3.63, 3.8) is 0 Å². The van der Waals surface area contributed by atoms with Gasteiger partial charge < -0.3 is 8.98 Å². The van der Waals surface area contributed by atoms with E-state index in [1.165, 1.54) is 69.3 Å². The zero-order valence-corrected chi connectivity index (χ0v) is 30.3. The molecule has 0 unspecified atom stereocenters. The summed E-state index contributed by atoms with van der Waals surface area (Å²) >= 11 is 1.83. The monoisotopic (exact) mass is 718 g/mol. The van der Waals surface area contributed by atoms with Crippen LogP contribution < -0.4 is 0 Å². The van der Waals surface area contributed by atoms with Crippen LogP contribution in [0.1, 0.15) is 0 Å². The lowest BCUT2D eigenvalue weighted by Gasteiger charge is -2.12. The smallest absolute Gasteiger partial charge is 0.227 e. The average Bonchev–Trinajstić information content (AvgIpc) is 3.95. The molecule has 0 atom stereocenters. The average molecular weight is 719 g/mol. The van der Waals surface area contributed by atoms with Crippen molar-refractivity contribution >= 4 is 86.0 Å². The Morgan fingerprint density at radius 1 is 0.473 bits per heavy atom. The fourth-order valence-corrected chi connectivity index (χ4v) is 9.93. The highest BCUT2D eigenvalue weighted by Gasteiger charge is 2.21. The second-order valence-electron chi connectivity index (χ2n) is 14.3. The van der Waals surface area contributed by atoms with Gasteiger partial charge in [0.25, 0.3) is 0 Å². The van der Waals surface area contributed by atoms with Crippen LogP contribution in [-0.4, -0.2) is 9.55 Å². The summed E-state index contributed by atoms with van der Waals surface area (Å²) < 4.78 is 11.6. The number of benzene rings is 9. The highest BCUT2D eigenvalue weighted by atomic mass is 32.1. The standard InChI is InChI=1S/C51H30N2OS/c1-2-12-31(13-3-1)42-29-35(28-34-15-5-6-16-37(34)42)43-30-45-48(47-41-19-9-11-21-46(41)55-50(43)47)52-51(54-45)33-22-25-36(26-23-33)53-44-20-10-8-18-39(44)40-27-24-32-14-4-7-17-38(32)49(40)53/h1-30H. The third-order valence-electron chi connectivity index (χ3n) is 11.2. The van der Waals surface area contributed by atoms with Crippen molar-refractivity contribution in [3.8, 4) is 39.4 Å². The molecule has 0 spiro atoms. The number of hydrogen-bond acceptors (Lipinski definition) is 3. The van der Waals surface area contributed by atoms with Gasteiger partial charge in [0.1, 0.15) is 5.52 Å². The number of aromatic nitrogens is 2. The second-order valence-corrected chi connectivity index (χ2v) is 15.3. The van der Waals surface area contributed by atoms with Crippen LogP contribution in [0.2, 0.25) is 0 Å². The van der Waals surface area contributed by atoms with Gasteiger partial charge in [0.2, 0.25) is 5.89 Å². The summed E-state index contributed by atoms with van der Waals surface area (Å²) in [5.41, 5.74) is 10.9. The van der Waals surface area contributed by atoms with Crippen molar-refractivity contribution in [1.29, 1.82) is 0 Å². The number of nitrogens with zero attached hydrogens (tertiary/aromatic N) is 2. The Morgan fingerprint density at radius 3 is 2.04 bits per heavy atom. The van der Waals surface area contributed by atoms with Crippen molar-refractivity contribution in [2.45, 2.75) is 0 Å². The van der Waals surface area contributed by atoms with Gasteiger partial charge in [-0.25, -0.2) is 4.98 Å². The normalized spacial score (nSPS) is 12.0. The van der Waals surface area contributed by atoms with Crippen LogP contribution in [0, 0.1) is 0 Å². The quantitative estimate of drug-likeness (QED) is 0.181. The van der Waals surface area contributed by atoms with Gasteiger partial charge >= 0.3 is 0 Å². The maximum atomic E-state index is 6.76. The molecule has 12 aromatic rings. The number of thiophene rings is 1. The van der Waals surface area contributed by atoms with Crippen molar-refractivity contribution in [2.24, 2.45) is 0 Å². The van der Waals surface area contributed by atoms with E-state index in [0.717, 1.165) is 38.9 Å². The Labute approximate surface area is 320 Å². The largest absolute Gasteiger partial charge is 0.436 e. The zero-order valence-electron chi connectivity index (χ0n) is 29.5. The summed E-state index contributed by atoms with van der Waals surface area (Å²) in [6.07, 6.45) is 0. The molecular weight excluding hydrogens is 689 g/mol. The summed E-state index contributed by atoms with van der Waals surface area (Å²) in [7, 11) is 0. The van der Waals surface area contributed by atoms with E-state index in [0.29, 0.717) is 5.89 Å². The van der Waals surface area contributed by atoms with Crippen molar-refractivity contribution in [2.75, 3.05) is 0 Å². The molecule has 12 rings (SSSR count). The molecule has 55 heavy (non-hydrogen) atoms. The number of fused-ring (bicyclic) bond motifs is 11. The van der Waals surface area contributed by atoms with Gasteiger partial charge in [-0.05, 0) is 87.4 Å². The third kappa shape index (κ3) is 4.59. The van der Waals surface area contributed by atoms with Crippen molar-refractivity contribution in [1.82, 2.24) is 9.55 Å². The Morgan fingerprint density at radius 2 is 1.18 bits per heavy atom. The third-order valence-corrected chi connectivity index (χ3v) is 12.4. The van der Waals surface area contributed by atoms with E-state index >= 15 is 0 Å². The molecule has 0 aliphatic heterocycles. The molecule has 9 aromatic carbocycles. The first-order valence-corrected chi connectivity index (χ1v) is 19.4. The van der Waals surface area contributed by atoms with E-state index in [9.17, 15) is 0 Å². The van der Waals surface area contributed by atoms with Crippen LogP contribution in [0.25, 0.3) is 114 Å².